The van der Waals surface area contributed by atoms with Crippen molar-refractivity contribution >= 4 is 18.1 Å². The summed E-state index contributed by atoms with van der Waals surface area (Å²) in [6.07, 6.45) is 4.27. The minimum atomic E-state index is -0.682. The summed E-state index contributed by atoms with van der Waals surface area (Å²) >= 11 is 0. The van der Waals surface area contributed by atoms with E-state index in [-0.39, 0.29) is 30.0 Å². The Bertz CT molecular complexity index is 2130. The van der Waals surface area contributed by atoms with Gasteiger partial charge in [-0.25, -0.2) is 19.6 Å². The second kappa shape index (κ2) is 14.8. The molecule has 1 saturated heterocycles. The predicted octanol–water partition coefficient (Wildman–Crippen LogP) is 8.02. The van der Waals surface area contributed by atoms with Crippen molar-refractivity contribution in [1.29, 1.82) is 0 Å². The number of H-pyrrole nitrogens is 2. The largest absolute Gasteiger partial charge is 0.453 e. The van der Waals surface area contributed by atoms with Crippen molar-refractivity contribution in [2.24, 2.45) is 5.92 Å². The number of likely N-dealkylation sites (tertiary alicyclic amines) is 1. The highest BCUT2D eigenvalue weighted by Gasteiger charge is 2.39. The number of benzene rings is 3. The van der Waals surface area contributed by atoms with Crippen LogP contribution in [-0.4, -0.2) is 73.1 Å². The third-order valence-electron chi connectivity index (χ3n) is 10.0. The average molecular weight is 730 g/mol. The summed E-state index contributed by atoms with van der Waals surface area (Å²) in [6.45, 7) is 10.5. The van der Waals surface area contributed by atoms with Crippen LogP contribution in [0.2, 0.25) is 0 Å². The Kier molecular flexibility index (Phi) is 10.0. The van der Waals surface area contributed by atoms with Crippen molar-refractivity contribution in [2.75, 3.05) is 13.7 Å². The lowest BCUT2D eigenvalue weighted by Gasteiger charge is -2.30. The first-order chi connectivity index (χ1) is 25.9. The molecule has 12 nitrogen and oxygen atoms in total. The van der Waals surface area contributed by atoms with Gasteiger partial charge >= 0.3 is 12.2 Å². The van der Waals surface area contributed by atoms with Gasteiger partial charge in [0.2, 0.25) is 5.91 Å². The normalized spacial score (nSPS) is 17.4. The quantitative estimate of drug-likeness (QED) is 0.147. The number of amides is 3. The van der Waals surface area contributed by atoms with Crippen LogP contribution in [0.1, 0.15) is 82.3 Å². The maximum Gasteiger partial charge on any atom is 0.411 e. The zero-order valence-electron chi connectivity index (χ0n) is 31.6. The van der Waals surface area contributed by atoms with E-state index in [4.69, 9.17) is 14.5 Å². The van der Waals surface area contributed by atoms with Gasteiger partial charge in [0.15, 0.2) is 0 Å². The Morgan fingerprint density at radius 1 is 0.815 bits per heavy atom. The summed E-state index contributed by atoms with van der Waals surface area (Å²) in [5.41, 5.74) is 7.32. The van der Waals surface area contributed by atoms with Crippen LogP contribution < -0.4 is 5.32 Å². The number of methoxy groups -OCH3 is 1. The molecule has 2 aromatic heterocycles. The van der Waals surface area contributed by atoms with E-state index >= 15 is 0 Å². The molecule has 54 heavy (non-hydrogen) atoms. The molecular weight excluding hydrogens is 683 g/mol. The fourth-order valence-corrected chi connectivity index (χ4v) is 7.33. The molecule has 0 aliphatic carbocycles. The summed E-state index contributed by atoms with van der Waals surface area (Å²) < 4.78 is 10.5. The SMILES string of the molecule is COC(=O)N[C@H](C(=O)N1CCC[C@H]1c1ncc(-c2ccc(-c3ccc(-c4cnc(C5c6ccccc6CN5C(=O)OC(C)(C)C)[nH]4)cc3)cc2)[nH]1)C(C)C. The number of hydrogen-bond donors (Lipinski definition) is 3. The lowest BCUT2D eigenvalue weighted by Crippen LogP contribution is -2.51. The van der Waals surface area contributed by atoms with Crippen LogP contribution in [0.3, 0.4) is 0 Å². The number of alkyl carbamates (subject to hydrolysis) is 1. The van der Waals surface area contributed by atoms with Crippen LogP contribution in [-0.2, 0) is 20.8 Å². The first kappa shape index (κ1) is 36.4. The number of aromatic amines is 2. The van der Waals surface area contributed by atoms with Crippen molar-refractivity contribution in [3.8, 4) is 33.6 Å². The molecule has 1 unspecified atom stereocenters. The monoisotopic (exact) mass is 729 g/mol. The van der Waals surface area contributed by atoms with Gasteiger partial charge in [0.1, 0.15) is 29.3 Å². The Labute approximate surface area is 315 Å². The lowest BCUT2D eigenvalue weighted by atomic mass is 10.0. The van der Waals surface area contributed by atoms with Gasteiger partial charge in [-0.05, 0) is 72.9 Å². The third-order valence-corrected chi connectivity index (χ3v) is 10.0. The third kappa shape index (κ3) is 7.46. The number of ether oxygens (including phenoxy) is 2. The van der Waals surface area contributed by atoms with Gasteiger partial charge in [0.25, 0.3) is 0 Å². The van der Waals surface area contributed by atoms with Crippen molar-refractivity contribution in [3.05, 3.63) is 108 Å². The highest BCUT2D eigenvalue weighted by Crippen LogP contribution is 2.39. The van der Waals surface area contributed by atoms with Crippen LogP contribution in [0.25, 0.3) is 33.6 Å². The van der Waals surface area contributed by atoms with E-state index in [0.29, 0.717) is 18.9 Å². The van der Waals surface area contributed by atoms with Gasteiger partial charge in [0, 0.05) is 6.54 Å². The lowest BCUT2D eigenvalue weighted by molar-refractivity contribution is -0.135. The standard InChI is InChI=1S/C42H47N7O5/c1-25(2)35(47-40(51)53-6)39(50)48-21-9-12-34(48)37-43-22-32(45-37)28-17-13-26(14-18-28)27-15-19-29(20-16-27)33-23-44-38(46-33)36-31-11-8-7-10-30(31)24-49(36)41(52)54-42(3,4)5/h7-8,10-11,13-20,22-23,25,34-36H,9,12,21,24H2,1-6H3,(H,43,45)(H,44,46)(H,47,51)/t34-,35-,36?/m0/s1. The maximum atomic E-state index is 13.5. The molecular formula is C42H47N7O5. The molecule has 2 aliphatic rings. The van der Waals surface area contributed by atoms with E-state index in [9.17, 15) is 14.4 Å². The molecule has 5 aromatic rings. The molecule has 7 rings (SSSR count). The van der Waals surface area contributed by atoms with Crippen LogP contribution in [0.15, 0.2) is 85.2 Å². The molecule has 0 saturated carbocycles. The van der Waals surface area contributed by atoms with Crippen molar-refractivity contribution < 1.29 is 23.9 Å². The number of hydrogen-bond acceptors (Lipinski definition) is 7. The molecule has 12 heteroatoms. The molecule has 3 N–H and O–H groups in total. The molecule has 1 fully saturated rings. The number of imidazole rings is 2. The number of nitrogens with zero attached hydrogens (tertiary/aromatic N) is 4. The minimum Gasteiger partial charge on any atom is -0.453 e. The summed E-state index contributed by atoms with van der Waals surface area (Å²) in [5, 5.41) is 2.70. The molecule has 3 aromatic carbocycles. The molecule has 0 radical (unpaired) electrons. The summed E-state index contributed by atoms with van der Waals surface area (Å²) in [4.78, 5) is 58.6. The molecule has 4 heterocycles. The Balaban J connectivity index is 1.04. The summed E-state index contributed by atoms with van der Waals surface area (Å²) in [6, 6.07) is 23.4. The van der Waals surface area contributed by atoms with E-state index in [1.807, 2.05) is 76.2 Å². The van der Waals surface area contributed by atoms with E-state index in [2.05, 4.69) is 68.8 Å². The highest BCUT2D eigenvalue weighted by molar-refractivity contribution is 5.86. The summed E-state index contributed by atoms with van der Waals surface area (Å²) in [5.74, 6) is 1.18. The second-order valence-electron chi connectivity index (χ2n) is 15.3. The molecule has 280 valence electrons. The first-order valence-corrected chi connectivity index (χ1v) is 18.4. The fraction of sp³-hybridized carbons (Fsp3) is 0.357. The summed E-state index contributed by atoms with van der Waals surface area (Å²) in [7, 11) is 1.29. The van der Waals surface area contributed by atoms with E-state index in [1.54, 1.807) is 4.90 Å². The minimum absolute atomic E-state index is 0.0999. The Morgan fingerprint density at radius 3 is 1.98 bits per heavy atom. The first-order valence-electron chi connectivity index (χ1n) is 18.4. The number of aromatic nitrogens is 4. The number of rotatable bonds is 8. The topological polar surface area (TPSA) is 146 Å². The van der Waals surface area contributed by atoms with Crippen LogP contribution >= 0.6 is 0 Å². The average Bonchev–Trinajstić information content (AvgIpc) is 3.98. The van der Waals surface area contributed by atoms with Gasteiger partial charge < -0.3 is 29.7 Å². The van der Waals surface area contributed by atoms with E-state index < -0.39 is 17.7 Å². The Morgan fingerprint density at radius 2 is 1.39 bits per heavy atom. The van der Waals surface area contributed by atoms with Gasteiger partial charge in [-0.15, -0.1) is 0 Å². The van der Waals surface area contributed by atoms with Gasteiger partial charge in [-0.3, -0.25) is 9.69 Å². The second-order valence-corrected chi connectivity index (χ2v) is 15.3. The molecule has 2 aliphatic heterocycles. The van der Waals surface area contributed by atoms with Gasteiger partial charge in [-0.2, -0.15) is 0 Å². The molecule has 3 atom stereocenters. The molecule has 0 bridgehead atoms. The van der Waals surface area contributed by atoms with Crippen LogP contribution in [0.5, 0.6) is 0 Å². The molecule has 0 spiro atoms. The van der Waals surface area contributed by atoms with Gasteiger partial charge in [-0.1, -0.05) is 86.6 Å². The van der Waals surface area contributed by atoms with E-state index in [0.717, 1.165) is 63.4 Å². The number of fused-ring (bicyclic) bond motifs is 1. The van der Waals surface area contributed by atoms with Crippen LogP contribution in [0.4, 0.5) is 9.59 Å². The number of carbonyl (C=O) groups is 3. The van der Waals surface area contributed by atoms with Crippen molar-refractivity contribution in [2.45, 2.75) is 77.7 Å². The maximum absolute atomic E-state index is 13.5. The Hall–Kier alpha value is -5.91. The van der Waals surface area contributed by atoms with E-state index in [1.165, 1.54) is 7.11 Å². The van der Waals surface area contributed by atoms with Crippen LogP contribution in [0, 0.1) is 5.92 Å². The smallest absolute Gasteiger partial charge is 0.411 e. The fourth-order valence-electron chi connectivity index (χ4n) is 7.33. The zero-order chi connectivity index (χ0) is 38.1. The number of nitrogens with one attached hydrogen (secondary N) is 3. The van der Waals surface area contributed by atoms with Crippen molar-refractivity contribution in [1.82, 2.24) is 35.1 Å². The highest BCUT2D eigenvalue weighted by atomic mass is 16.6. The zero-order valence-corrected chi connectivity index (χ0v) is 31.6. The molecule has 3 amide bonds. The van der Waals surface area contributed by atoms with Gasteiger partial charge in [0.05, 0.1) is 43.5 Å². The van der Waals surface area contributed by atoms with Crippen molar-refractivity contribution in [3.63, 3.8) is 0 Å². The predicted molar refractivity (Wildman–Crippen MR) is 205 cm³/mol. The number of carbonyl (C=O) groups excluding carboxylic acids is 3.